The van der Waals surface area contributed by atoms with Crippen molar-refractivity contribution < 1.29 is 5.11 Å². The zero-order valence-electron chi connectivity index (χ0n) is 14.4. The van der Waals surface area contributed by atoms with Gasteiger partial charge < -0.3 is 5.11 Å². The van der Waals surface area contributed by atoms with Gasteiger partial charge in [-0.2, -0.15) is 0 Å². The van der Waals surface area contributed by atoms with E-state index >= 15 is 0 Å². The van der Waals surface area contributed by atoms with Crippen LogP contribution in [-0.4, -0.2) is 11.2 Å². The molecule has 4 aliphatic rings. The van der Waals surface area contributed by atoms with Crippen LogP contribution < -0.4 is 0 Å². The molecule has 4 unspecified atom stereocenters. The Morgan fingerprint density at radius 3 is 2.73 bits per heavy atom. The van der Waals surface area contributed by atoms with Gasteiger partial charge in [0.2, 0.25) is 0 Å². The fourth-order valence-electron chi connectivity index (χ4n) is 7.07. The molecule has 0 aromatic carbocycles. The number of aliphatic hydroxyl groups excluding tert-OH is 1. The van der Waals surface area contributed by atoms with Gasteiger partial charge in [0.05, 0.1) is 6.10 Å². The Balaban J connectivity index is 1.67. The van der Waals surface area contributed by atoms with Crippen LogP contribution in [0.25, 0.3) is 0 Å². The smallest absolute Gasteiger partial charge is 0.0577 e. The molecule has 3 fully saturated rings. The summed E-state index contributed by atoms with van der Waals surface area (Å²) in [5.74, 6) is 3.38. The first-order valence-electron chi connectivity index (χ1n) is 9.49. The maximum absolute atomic E-state index is 10.1. The largest absolute Gasteiger partial charge is 0.393 e. The van der Waals surface area contributed by atoms with Crippen molar-refractivity contribution in [2.45, 2.75) is 71.3 Å². The van der Waals surface area contributed by atoms with E-state index < -0.39 is 0 Å². The fourth-order valence-corrected chi connectivity index (χ4v) is 7.07. The minimum Gasteiger partial charge on any atom is -0.393 e. The number of aliphatic hydroxyl groups is 1. The lowest BCUT2D eigenvalue weighted by Crippen LogP contribution is -2.50. The summed E-state index contributed by atoms with van der Waals surface area (Å²) in [6.07, 6.45) is 14.7. The van der Waals surface area contributed by atoms with Gasteiger partial charge in [-0.1, -0.05) is 31.6 Å². The lowest BCUT2D eigenvalue weighted by Gasteiger charge is -2.58. The quantitative estimate of drug-likeness (QED) is 0.667. The standard InChI is InChI=1S/C21H32O/c1-4-14-6-8-18-17-7-5-15-13-16(22)9-11-21(15,3)19(17)10-12-20(14,18)2/h4-5,14,16-19,22H,1,6-13H2,2-3H3/t14?,16-,17?,18?,19?,20+,21-/m0/s1. The van der Waals surface area contributed by atoms with Crippen molar-refractivity contribution in [2.75, 3.05) is 0 Å². The number of rotatable bonds is 1. The van der Waals surface area contributed by atoms with Crippen LogP contribution in [0.3, 0.4) is 0 Å². The highest BCUT2D eigenvalue weighted by molar-refractivity contribution is 5.25. The van der Waals surface area contributed by atoms with E-state index in [9.17, 15) is 5.11 Å². The summed E-state index contributed by atoms with van der Waals surface area (Å²) >= 11 is 0. The molecule has 0 aliphatic heterocycles. The summed E-state index contributed by atoms with van der Waals surface area (Å²) in [5.41, 5.74) is 2.49. The Bertz CT molecular complexity index is 506. The van der Waals surface area contributed by atoms with E-state index in [1.165, 1.54) is 38.5 Å². The molecule has 0 bridgehead atoms. The molecular formula is C21H32O. The van der Waals surface area contributed by atoms with Gasteiger partial charge in [-0.15, -0.1) is 6.58 Å². The zero-order chi connectivity index (χ0) is 15.5. The van der Waals surface area contributed by atoms with E-state index in [4.69, 9.17) is 0 Å². The van der Waals surface area contributed by atoms with E-state index in [1.54, 1.807) is 5.57 Å². The molecule has 1 heteroatoms. The molecule has 0 spiro atoms. The van der Waals surface area contributed by atoms with Crippen molar-refractivity contribution in [2.24, 2.45) is 34.5 Å². The normalized spacial score (nSPS) is 54.0. The molecule has 0 aromatic rings. The highest BCUT2D eigenvalue weighted by Crippen LogP contribution is 2.66. The Labute approximate surface area is 135 Å². The maximum atomic E-state index is 10.1. The molecule has 122 valence electrons. The second-order valence-electron chi connectivity index (χ2n) is 9.12. The third-order valence-corrected chi connectivity index (χ3v) is 8.44. The molecule has 7 atom stereocenters. The molecule has 3 saturated carbocycles. The highest BCUT2D eigenvalue weighted by Gasteiger charge is 2.57. The molecule has 4 rings (SSSR count). The third-order valence-electron chi connectivity index (χ3n) is 8.44. The van der Waals surface area contributed by atoms with Crippen molar-refractivity contribution in [1.82, 2.24) is 0 Å². The molecule has 0 heterocycles. The summed E-state index contributed by atoms with van der Waals surface area (Å²) in [7, 11) is 0. The van der Waals surface area contributed by atoms with Gasteiger partial charge in [-0.05, 0) is 85.9 Å². The van der Waals surface area contributed by atoms with Crippen molar-refractivity contribution in [1.29, 1.82) is 0 Å². The van der Waals surface area contributed by atoms with Gasteiger partial charge in [-0.3, -0.25) is 0 Å². The minimum atomic E-state index is -0.0821. The topological polar surface area (TPSA) is 20.2 Å². The van der Waals surface area contributed by atoms with E-state index in [2.05, 4.69) is 32.6 Å². The molecule has 1 nitrogen and oxygen atoms in total. The van der Waals surface area contributed by atoms with E-state index in [1.807, 2.05) is 0 Å². The highest BCUT2D eigenvalue weighted by atomic mass is 16.3. The number of hydrogen-bond donors (Lipinski definition) is 1. The second-order valence-corrected chi connectivity index (χ2v) is 9.12. The van der Waals surface area contributed by atoms with Crippen LogP contribution in [0, 0.1) is 34.5 Å². The average molecular weight is 300 g/mol. The summed E-state index contributed by atoms with van der Waals surface area (Å²) in [6.45, 7) is 9.20. The van der Waals surface area contributed by atoms with Crippen molar-refractivity contribution in [3.05, 3.63) is 24.3 Å². The molecule has 22 heavy (non-hydrogen) atoms. The molecule has 0 aromatic heterocycles. The Morgan fingerprint density at radius 1 is 1.14 bits per heavy atom. The summed E-state index contributed by atoms with van der Waals surface area (Å²) in [5, 5.41) is 10.1. The van der Waals surface area contributed by atoms with Crippen molar-refractivity contribution >= 4 is 0 Å². The van der Waals surface area contributed by atoms with Crippen molar-refractivity contribution in [3.63, 3.8) is 0 Å². The number of allylic oxidation sites excluding steroid dienone is 2. The van der Waals surface area contributed by atoms with E-state index in [-0.39, 0.29) is 6.10 Å². The van der Waals surface area contributed by atoms with Gasteiger partial charge in [0, 0.05) is 0 Å². The molecule has 0 amide bonds. The summed E-state index contributed by atoms with van der Waals surface area (Å²) in [6, 6.07) is 0. The van der Waals surface area contributed by atoms with Crippen LogP contribution in [0.15, 0.2) is 24.3 Å². The SMILES string of the molecule is C=CC1CCC2C3CC=C4C[C@@H](O)CC[C@]4(C)C3CC[C@]12C. The van der Waals surface area contributed by atoms with Gasteiger partial charge in [0.25, 0.3) is 0 Å². The number of hydrogen-bond acceptors (Lipinski definition) is 1. The van der Waals surface area contributed by atoms with Crippen LogP contribution in [0.2, 0.25) is 0 Å². The molecule has 0 radical (unpaired) electrons. The Hall–Kier alpha value is -0.560. The van der Waals surface area contributed by atoms with Gasteiger partial charge >= 0.3 is 0 Å². The van der Waals surface area contributed by atoms with Gasteiger partial charge in [0.15, 0.2) is 0 Å². The lowest BCUT2D eigenvalue weighted by molar-refractivity contribution is -0.0442. The maximum Gasteiger partial charge on any atom is 0.0577 e. The minimum absolute atomic E-state index is 0.0821. The molecular weight excluding hydrogens is 268 g/mol. The first-order valence-corrected chi connectivity index (χ1v) is 9.49. The number of fused-ring (bicyclic) bond motifs is 5. The zero-order valence-corrected chi connectivity index (χ0v) is 14.4. The van der Waals surface area contributed by atoms with Crippen LogP contribution in [0.1, 0.15) is 65.2 Å². The molecule has 0 saturated heterocycles. The first-order chi connectivity index (χ1) is 10.5. The average Bonchev–Trinajstić information content (AvgIpc) is 2.84. The fraction of sp³-hybridized carbons (Fsp3) is 0.810. The predicted molar refractivity (Wildman–Crippen MR) is 91.4 cm³/mol. The summed E-state index contributed by atoms with van der Waals surface area (Å²) < 4.78 is 0. The Morgan fingerprint density at radius 2 is 1.95 bits per heavy atom. The summed E-state index contributed by atoms with van der Waals surface area (Å²) in [4.78, 5) is 0. The molecule has 4 aliphatic carbocycles. The predicted octanol–water partition coefficient (Wildman–Crippen LogP) is 5.11. The van der Waals surface area contributed by atoms with Gasteiger partial charge in [0.1, 0.15) is 0 Å². The monoisotopic (exact) mass is 300 g/mol. The Kier molecular flexibility index (Phi) is 3.39. The van der Waals surface area contributed by atoms with Crippen molar-refractivity contribution in [3.8, 4) is 0 Å². The first kappa shape index (κ1) is 15.0. The second kappa shape index (κ2) is 4.97. The van der Waals surface area contributed by atoms with E-state index in [0.29, 0.717) is 10.8 Å². The van der Waals surface area contributed by atoms with Crippen LogP contribution in [-0.2, 0) is 0 Å². The lowest BCUT2D eigenvalue weighted by atomic mass is 9.47. The van der Waals surface area contributed by atoms with Crippen LogP contribution >= 0.6 is 0 Å². The molecule has 1 N–H and O–H groups in total. The third kappa shape index (κ3) is 1.87. The van der Waals surface area contributed by atoms with Crippen LogP contribution in [0.4, 0.5) is 0 Å². The van der Waals surface area contributed by atoms with Gasteiger partial charge in [-0.25, -0.2) is 0 Å². The van der Waals surface area contributed by atoms with E-state index in [0.717, 1.165) is 36.5 Å². The van der Waals surface area contributed by atoms with Crippen LogP contribution in [0.5, 0.6) is 0 Å².